The third kappa shape index (κ3) is 4.52. The van der Waals surface area contributed by atoms with E-state index in [1.807, 2.05) is 73.1 Å². The summed E-state index contributed by atoms with van der Waals surface area (Å²) in [6.45, 7) is 3.87. The van der Waals surface area contributed by atoms with Crippen LogP contribution in [-0.4, -0.2) is 28.6 Å². The number of methoxy groups -OCH3 is 1. The quantitative estimate of drug-likeness (QED) is 0.607. The molecule has 1 amide bonds. The molecule has 0 unspecified atom stereocenters. The lowest BCUT2D eigenvalue weighted by atomic mass is 10.3. The number of para-hydroxylation sites is 2. The van der Waals surface area contributed by atoms with Gasteiger partial charge in [0.1, 0.15) is 5.75 Å². The molecular formula is C21H23N3O2S. The van der Waals surface area contributed by atoms with E-state index in [-0.39, 0.29) is 5.91 Å². The minimum Gasteiger partial charge on any atom is -0.496 e. The van der Waals surface area contributed by atoms with Crippen LogP contribution in [0.2, 0.25) is 0 Å². The highest BCUT2D eigenvalue weighted by atomic mass is 32.2. The van der Waals surface area contributed by atoms with Gasteiger partial charge in [-0.3, -0.25) is 4.79 Å². The van der Waals surface area contributed by atoms with Crippen molar-refractivity contribution in [3.63, 3.8) is 0 Å². The van der Waals surface area contributed by atoms with Crippen molar-refractivity contribution in [2.75, 3.05) is 18.2 Å². The lowest BCUT2D eigenvalue weighted by molar-refractivity contribution is -0.115. The van der Waals surface area contributed by atoms with Crippen LogP contribution in [0.25, 0.3) is 5.69 Å². The number of amides is 1. The summed E-state index contributed by atoms with van der Waals surface area (Å²) >= 11 is 1.61. The van der Waals surface area contributed by atoms with Gasteiger partial charge in [0.25, 0.3) is 0 Å². The normalized spacial score (nSPS) is 10.6. The second kappa shape index (κ2) is 8.77. The van der Waals surface area contributed by atoms with Crippen molar-refractivity contribution in [2.45, 2.75) is 25.2 Å². The number of benzene rings is 2. The summed E-state index contributed by atoms with van der Waals surface area (Å²) in [6, 6.07) is 17.7. The molecule has 2 aromatic carbocycles. The second-order valence-electron chi connectivity index (χ2n) is 6.09. The lowest BCUT2D eigenvalue weighted by Gasteiger charge is -2.09. The zero-order chi connectivity index (χ0) is 19.2. The molecule has 0 spiro atoms. The molecule has 3 rings (SSSR count). The SMILES string of the molecule is COc1ccccc1SCCC(=O)Nc1c(C)nn(-c2ccccc2)c1C. The molecule has 0 fully saturated rings. The first-order valence-corrected chi connectivity index (χ1v) is 9.76. The molecule has 3 aromatic rings. The number of carbonyl (C=O) groups excluding carboxylic acids is 1. The second-order valence-corrected chi connectivity index (χ2v) is 7.23. The van der Waals surface area contributed by atoms with E-state index in [2.05, 4.69) is 10.4 Å². The highest BCUT2D eigenvalue weighted by molar-refractivity contribution is 7.99. The first kappa shape index (κ1) is 19.0. The molecule has 0 aliphatic rings. The Labute approximate surface area is 163 Å². The van der Waals surface area contributed by atoms with Crippen molar-refractivity contribution < 1.29 is 9.53 Å². The summed E-state index contributed by atoms with van der Waals surface area (Å²) in [7, 11) is 1.65. The molecule has 5 nitrogen and oxygen atoms in total. The number of nitrogens with one attached hydrogen (secondary N) is 1. The van der Waals surface area contributed by atoms with Gasteiger partial charge >= 0.3 is 0 Å². The van der Waals surface area contributed by atoms with Gasteiger partial charge in [-0.1, -0.05) is 30.3 Å². The summed E-state index contributed by atoms with van der Waals surface area (Å²) in [6.07, 6.45) is 0.415. The van der Waals surface area contributed by atoms with Gasteiger partial charge in [0.15, 0.2) is 0 Å². The van der Waals surface area contributed by atoms with E-state index in [1.165, 1.54) is 0 Å². The van der Waals surface area contributed by atoms with Crippen LogP contribution < -0.4 is 10.1 Å². The molecule has 0 aliphatic carbocycles. The lowest BCUT2D eigenvalue weighted by Crippen LogP contribution is -2.13. The van der Waals surface area contributed by atoms with Gasteiger partial charge < -0.3 is 10.1 Å². The van der Waals surface area contributed by atoms with Gasteiger partial charge in [0, 0.05) is 17.1 Å². The Hall–Kier alpha value is -2.73. The Balaban J connectivity index is 1.62. The van der Waals surface area contributed by atoms with Crippen LogP contribution in [0.5, 0.6) is 5.75 Å². The number of ether oxygens (including phenoxy) is 1. The molecule has 1 N–H and O–H groups in total. The van der Waals surface area contributed by atoms with Gasteiger partial charge in [-0.05, 0) is 38.1 Å². The van der Waals surface area contributed by atoms with Crippen molar-refractivity contribution in [3.05, 3.63) is 66.0 Å². The Morgan fingerprint density at radius 3 is 2.56 bits per heavy atom. The average molecular weight is 382 g/mol. The van der Waals surface area contributed by atoms with Gasteiger partial charge in [-0.15, -0.1) is 11.8 Å². The first-order valence-electron chi connectivity index (χ1n) is 8.77. The van der Waals surface area contributed by atoms with Crippen LogP contribution in [0.15, 0.2) is 59.5 Å². The number of anilines is 1. The highest BCUT2D eigenvalue weighted by Gasteiger charge is 2.15. The molecule has 0 radical (unpaired) electrons. The molecule has 6 heteroatoms. The Morgan fingerprint density at radius 1 is 1.11 bits per heavy atom. The fourth-order valence-corrected chi connectivity index (χ4v) is 3.81. The summed E-state index contributed by atoms with van der Waals surface area (Å²) in [4.78, 5) is 13.5. The fourth-order valence-electron chi connectivity index (χ4n) is 2.84. The van der Waals surface area contributed by atoms with Crippen LogP contribution in [0.4, 0.5) is 5.69 Å². The summed E-state index contributed by atoms with van der Waals surface area (Å²) in [5, 5.41) is 7.58. The van der Waals surface area contributed by atoms with E-state index < -0.39 is 0 Å². The molecule has 0 bridgehead atoms. The number of rotatable bonds is 7. The first-order chi connectivity index (χ1) is 13.1. The summed E-state index contributed by atoms with van der Waals surface area (Å²) < 4.78 is 7.20. The van der Waals surface area contributed by atoms with Crippen molar-refractivity contribution in [1.82, 2.24) is 9.78 Å². The number of thioether (sulfide) groups is 1. The predicted octanol–water partition coefficient (Wildman–Crippen LogP) is 4.62. The minimum absolute atomic E-state index is 0.0174. The third-order valence-electron chi connectivity index (χ3n) is 4.21. The molecule has 0 atom stereocenters. The van der Waals surface area contributed by atoms with Crippen LogP contribution in [0.1, 0.15) is 17.8 Å². The van der Waals surface area contributed by atoms with Crippen molar-refractivity contribution in [1.29, 1.82) is 0 Å². The van der Waals surface area contributed by atoms with Crippen molar-refractivity contribution in [3.8, 4) is 11.4 Å². The number of carbonyl (C=O) groups is 1. The van der Waals surface area contributed by atoms with Crippen LogP contribution in [0, 0.1) is 13.8 Å². The van der Waals surface area contributed by atoms with E-state index in [1.54, 1.807) is 18.9 Å². The largest absolute Gasteiger partial charge is 0.496 e. The summed E-state index contributed by atoms with van der Waals surface area (Å²) in [5.74, 6) is 1.49. The maximum absolute atomic E-state index is 12.4. The molecule has 140 valence electrons. The van der Waals surface area contributed by atoms with Gasteiger partial charge in [-0.2, -0.15) is 5.10 Å². The predicted molar refractivity (Wildman–Crippen MR) is 110 cm³/mol. The summed E-state index contributed by atoms with van der Waals surface area (Å²) in [5.41, 5.74) is 3.49. The van der Waals surface area contributed by atoms with Gasteiger partial charge in [0.2, 0.25) is 5.91 Å². The highest BCUT2D eigenvalue weighted by Crippen LogP contribution is 2.29. The molecule has 0 saturated carbocycles. The Bertz CT molecular complexity index is 922. The molecule has 0 saturated heterocycles. The van der Waals surface area contributed by atoms with Crippen LogP contribution >= 0.6 is 11.8 Å². The van der Waals surface area contributed by atoms with Gasteiger partial charge in [0.05, 0.1) is 29.9 Å². The Morgan fingerprint density at radius 2 is 1.81 bits per heavy atom. The molecular weight excluding hydrogens is 358 g/mol. The fraction of sp³-hybridized carbons (Fsp3) is 0.238. The maximum Gasteiger partial charge on any atom is 0.225 e. The number of aromatic nitrogens is 2. The topological polar surface area (TPSA) is 56.1 Å². The van der Waals surface area contributed by atoms with Crippen LogP contribution in [-0.2, 0) is 4.79 Å². The zero-order valence-electron chi connectivity index (χ0n) is 15.7. The maximum atomic E-state index is 12.4. The van der Waals surface area contributed by atoms with E-state index >= 15 is 0 Å². The van der Waals surface area contributed by atoms with E-state index in [4.69, 9.17) is 4.74 Å². The third-order valence-corrected chi connectivity index (χ3v) is 5.27. The van der Waals surface area contributed by atoms with Crippen molar-refractivity contribution in [2.24, 2.45) is 0 Å². The molecule has 1 aromatic heterocycles. The minimum atomic E-state index is -0.0174. The number of hydrogen-bond acceptors (Lipinski definition) is 4. The Kier molecular flexibility index (Phi) is 6.19. The monoisotopic (exact) mass is 381 g/mol. The zero-order valence-corrected chi connectivity index (χ0v) is 16.5. The van der Waals surface area contributed by atoms with Crippen molar-refractivity contribution >= 4 is 23.4 Å². The van der Waals surface area contributed by atoms with E-state index in [9.17, 15) is 4.79 Å². The smallest absolute Gasteiger partial charge is 0.225 e. The van der Waals surface area contributed by atoms with E-state index in [0.717, 1.165) is 33.4 Å². The van der Waals surface area contributed by atoms with E-state index in [0.29, 0.717) is 12.2 Å². The standard InChI is InChI=1S/C21H23N3O2S/c1-15-21(16(2)24(23-15)17-9-5-4-6-10-17)22-20(25)13-14-27-19-12-8-7-11-18(19)26-3/h4-12H,13-14H2,1-3H3,(H,22,25). The molecule has 27 heavy (non-hydrogen) atoms. The van der Waals surface area contributed by atoms with Gasteiger partial charge in [-0.25, -0.2) is 4.68 Å². The average Bonchev–Trinajstić information content (AvgIpc) is 2.97. The molecule has 1 heterocycles. The molecule has 0 aliphatic heterocycles. The number of hydrogen-bond donors (Lipinski definition) is 1. The van der Waals surface area contributed by atoms with Crippen LogP contribution in [0.3, 0.4) is 0 Å². The number of nitrogens with zero attached hydrogens (tertiary/aromatic N) is 2. The number of aryl methyl sites for hydroxylation is 1.